The average Bonchev–Trinajstić information content (AvgIpc) is 3.10. The first-order chi connectivity index (χ1) is 11.9. The summed E-state index contributed by atoms with van der Waals surface area (Å²) in [6, 6.07) is 14.0. The standard InChI is InChI=1S/C21H22N2O2/c1-21(2)16-12-14(8-9-18(16)22(3)20(21)25)13-19(24)23-11-10-15-6-4-5-7-17(15)23/h4-9,12H,10-11,13H2,1-3H3. The van der Waals surface area contributed by atoms with Crippen LogP contribution >= 0.6 is 0 Å². The Morgan fingerprint density at radius 2 is 1.88 bits per heavy atom. The van der Waals surface area contributed by atoms with Crippen LogP contribution in [0.4, 0.5) is 11.4 Å². The lowest BCUT2D eigenvalue weighted by atomic mass is 9.85. The van der Waals surface area contributed by atoms with Crippen LogP contribution in [0.15, 0.2) is 42.5 Å². The number of nitrogens with zero attached hydrogens (tertiary/aromatic N) is 2. The molecule has 25 heavy (non-hydrogen) atoms. The second-order valence-electron chi connectivity index (χ2n) is 7.44. The van der Waals surface area contributed by atoms with E-state index in [0.29, 0.717) is 6.42 Å². The number of benzene rings is 2. The Labute approximate surface area is 148 Å². The number of fused-ring (bicyclic) bond motifs is 2. The zero-order valence-corrected chi connectivity index (χ0v) is 14.9. The fraction of sp³-hybridized carbons (Fsp3) is 0.333. The van der Waals surface area contributed by atoms with Crippen molar-refractivity contribution in [3.05, 3.63) is 59.2 Å². The Morgan fingerprint density at radius 3 is 2.68 bits per heavy atom. The van der Waals surface area contributed by atoms with Gasteiger partial charge in [-0.05, 0) is 49.1 Å². The maximum atomic E-state index is 12.8. The van der Waals surface area contributed by atoms with Crippen LogP contribution in [0.1, 0.15) is 30.5 Å². The molecule has 0 saturated heterocycles. The van der Waals surface area contributed by atoms with Crippen LogP contribution in [0.2, 0.25) is 0 Å². The highest BCUT2D eigenvalue weighted by atomic mass is 16.2. The van der Waals surface area contributed by atoms with Crippen LogP contribution < -0.4 is 9.80 Å². The molecule has 2 aromatic carbocycles. The van der Waals surface area contributed by atoms with E-state index in [-0.39, 0.29) is 11.8 Å². The van der Waals surface area contributed by atoms with E-state index in [0.717, 1.165) is 35.5 Å². The lowest BCUT2D eigenvalue weighted by Crippen LogP contribution is -2.33. The van der Waals surface area contributed by atoms with Gasteiger partial charge in [0.2, 0.25) is 11.8 Å². The van der Waals surface area contributed by atoms with Crippen LogP contribution in [0.25, 0.3) is 0 Å². The molecule has 4 heteroatoms. The smallest absolute Gasteiger partial charge is 0.236 e. The van der Waals surface area contributed by atoms with Crippen LogP contribution in [0.5, 0.6) is 0 Å². The van der Waals surface area contributed by atoms with Gasteiger partial charge in [0.25, 0.3) is 0 Å². The van der Waals surface area contributed by atoms with Crippen molar-refractivity contribution < 1.29 is 9.59 Å². The number of hydrogen-bond donors (Lipinski definition) is 0. The Hall–Kier alpha value is -2.62. The first-order valence-electron chi connectivity index (χ1n) is 8.69. The van der Waals surface area contributed by atoms with Gasteiger partial charge in [-0.2, -0.15) is 0 Å². The molecule has 2 heterocycles. The number of para-hydroxylation sites is 1. The zero-order valence-electron chi connectivity index (χ0n) is 14.9. The molecule has 0 spiro atoms. The van der Waals surface area contributed by atoms with Gasteiger partial charge in [-0.15, -0.1) is 0 Å². The van der Waals surface area contributed by atoms with Crippen molar-refractivity contribution >= 4 is 23.2 Å². The SMILES string of the molecule is CN1C(=O)C(C)(C)c2cc(CC(=O)N3CCc4ccccc43)ccc21. The molecule has 0 fully saturated rings. The van der Waals surface area contributed by atoms with Crippen LogP contribution in [-0.2, 0) is 27.8 Å². The van der Waals surface area contributed by atoms with Crippen LogP contribution in [-0.4, -0.2) is 25.4 Å². The van der Waals surface area contributed by atoms with Crippen molar-refractivity contribution in [2.75, 3.05) is 23.4 Å². The monoisotopic (exact) mass is 334 g/mol. The Balaban J connectivity index is 1.60. The van der Waals surface area contributed by atoms with Gasteiger partial charge in [-0.1, -0.05) is 30.3 Å². The minimum absolute atomic E-state index is 0.0967. The highest BCUT2D eigenvalue weighted by Crippen LogP contribution is 2.41. The number of anilines is 2. The number of rotatable bonds is 2. The molecule has 0 saturated carbocycles. The Morgan fingerprint density at radius 1 is 1.12 bits per heavy atom. The lowest BCUT2D eigenvalue weighted by molar-refractivity contribution is -0.121. The van der Waals surface area contributed by atoms with Gasteiger partial charge in [-0.3, -0.25) is 9.59 Å². The normalized spacial score (nSPS) is 17.6. The number of carbonyl (C=O) groups excluding carboxylic acids is 2. The van der Waals surface area contributed by atoms with Crippen molar-refractivity contribution in [1.29, 1.82) is 0 Å². The Kier molecular flexibility index (Phi) is 3.46. The molecular weight excluding hydrogens is 312 g/mol. The second-order valence-corrected chi connectivity index (χ2v) is 7.44. The van der Waals surface area contributed by atoms with Crippen molar-refractivity contribution in [3.63, 3.8) is 0 Å². The van der Waals surface area contributed by atoms with E-state index >= 15 is 0 Å². The number of amides is 2. The molecule has 2 aliphatic heterocycles. The fourth-order valence-corrected chi connectivity index (χ4v) is 4.00. The summed E-state index contributed by atoms with van der Waals surface area (Å²) in [5.74, 6) is 0.208. The fourth-order valence-electron chi connectivity index (χ4n) is 4.00. The average molecular weight is 334 g/mol. The second kappa shape index (κ2) is 5.45. The quantitative estimate of drug-likeness (QED) is 0.847. The van der Waals surface area contributed by atoms with E-state index < -0.39 is 5.41 Å². The molecule has 0 N–H and O–H groups in total. The van der Waals surface area contributed by atoms with Gasteiger partial charge in [0.1, 0.15) is 0 Å². The van der Waals surface area contributed by atoms with Gasteiger partial charge < -0.3 is 9.80 Å². The van der Waals surface area contributed by atoms with E-state index in [2.05, 4.69) is 6.07 Å². The molecule has 0 radical (unpaired) electrons. The topological polar surface area (TPSA) is 40.6 Å². The third kappa shape index (κ3) is 2.36. The molecule has 2 aliphatic rings. The van der Waals surface area contributed by atoms with Crippen molar-refractivity contribution in [2.24, 2.45) is 0 Å². The first kappa shape index (κ1) is 15.9. The molecular formula is C21H22N2O2. The summed E-state index contributed by atoms with van der Waals surface area (Å²) in [7, 11) is 1.81. The summed E-state index contributed by atoms with van der Waals surface area (Å²) >= 11 is 0. The predicted octanol–water partition coefficient (Wildman–Crippen LogP) is 3.07. The van der Waals surface area contributed by atoms with Crippen molar-refractivity contribution in [2.45, 2.75) is 32.1 Å². The summed E-state index contributed by atoms with van der Waals surface area (Å²) in [5.41, 5.74) is 4.64. The molecule has 0 aliphatic carbocycles. The van der Waals surface area contributed by atoms with E-state index in [1.54, 1.807) is 4.90 Å². The maximum absolute atomic E-state index is 12.8. The molecule has 4 nitrogen and oxygen atoms in total. The largest absolute Gasteiger partial charge is 0.314 e. The van der Waals surface area contributed by atoms with Gasteiger partial charge >= 0.3 is 0 Å². The molecule has 128 valence electrons. The van der Waals surface area contributed by atoms with Gasteiger partial charge in [-0.25, -0.2) is 0 Å². The van der Waals surface area contributed by atoms with Gasteiger partial charge in [0.15, 0.2) is 0 Å². The van der Waals surface area contributed by atoms with Gasteiger partial charge in [0, 0.05) is 25.0 Å². The van der Waals surface area contributed by atoms with Gasteiger partial charge in [0.05, 0.1) is 11.8 Å². The van der Waals surface area contributed by atoms with Crippen LogP contribution in [0.3, 0.4) is 0 Å². The number of carbonyl (C=O) groups is 2. The van der Waals surface area contributed by atoms with E-state index in [1.165, 1.54) is 5.56 Å². The summed E-state index contributed by atoms with van der Waals surface area (Å²) in [4.78, 5) is 28.8. The molecule has 0 bridgehead atoms. The minimum atomic E-state index is -0.538. The Bertz CT molecular complexity index is 885. The molecule has 0 atom stereocenters. The van der Waals surface area contributed by atoms with Crippen molar-refractivity contribution in [1.82, 2.24) is 0 Å². The predicted molar refractivity (Wildman–Crippen MR) is 99.1 cm³/mol. The third-order valence-electron chi connectivity index (χ3n) is 5.48. The lowest BCUT2D eigenvalue weighted by Gasteiger charge is -2.19. The molecule has 4 rings (SSSR count). The molecule has 2 amide bonds. The van der Waals surface area contributed by atoms with E-state index in [4.69, 9.17) is 0 Å². The van der Waals surface area contributed by atoms with Crippen molar-refractivity contribution in [3.8, 4) is 0 Å². The zero-order chi connectivity index (χ0) is 17.8. The summed E-state index contributed by atoms with van der Waals surface area (Å²) < 4.78 is 0. The molecule has 0 unspecified atom stereocenters. The highest BCUT2D eigenvalue weighted by Gasteiger charge is 2.42. The number of likely N-dealkylation sites (N-methyl/N-ethyl adjacent to an activating group) is 1. The molecule has 2 aromatic rings. The van der Waals surface area contributed by atoms with Crippen LogP contribution in [0, 0.1) is 0 Å². The van der Waals surface area contributed by atoms with E-state index in [9.17, 15) is 9.59 Å². The third-order valence-corrected chi connectivity index (χ3v) is 5.48. The minimum Gasteiger partial charge on any atom is -0.314 e. The van der Waals surface area contributed by atoms with E-state index in [1.807, 2.05) is 62.2 Å². The molecule has 0 aromatic heterocycles. The summed E-state index contributed by atoms with van der Waals surface area (Å²) in [6.45, 7) is 4.63. The summed E-state index contributed by atoms with van der Waals surface area (Å²) in [6.07, 6.45) is 1.27. The first-order valence-corrected chi connectivity index (χ1v) is 8.69. The maximum Gasteiger partial charge on any atom is 0.236 e. The summed E-state index contributed by atoms with van der Waals surface area (Å²) in [5, 5.41) is 0. The highest BCUT2D eigenvalue weighted by molar-refractivity contribution is 6.07. The number of hydrogen-bond acceptors (Lipinski definition) is 2.